The lowest BCUT2D eigenvalue weighted by Crippen LogP contribution is -2.54. The minimum absolute atomic E-state index is 0.284. The van der Waals surface area contributed by atoms with Gasteiger partial charge < -0.3 is 15.0 Å². The molecule has 3 rings (SSSR count). The fraction of sp³-hybridized carbons (Fsp3) is 0.833. The number of rotatable bonds is 5. The average molecular weight is 349 g/mol. The Morgan fingerprint density at radius 2 is 2.12 bits per heavy atom. The summed E-state index contributed by atoms with van der Waals surface area (Å²) in [5.41, 5.74) is -0.346. The van der Waals surface area contributed by atoms with Crippen LogP contribution in [0.2, 0.25) is 0 Å². The summed E-state index contributed by atoms with van der Waals surface area (Å²) in [6.07, 6.45) is 3.93. The summed E-state index contributed by atoms with van der Waals surface area (Å²) >= 11 is 0. The predicted octanol–water partition coefficient (Wildman–Crippen LogP) is 1.15. The van der Waals surface area contributed by atoms with E-state index < -0.39 is 0 Å². The van der Waals surface area contributed by atoms with Crippen LogP contribution in [0, 0.1) is 25.2 Å². The standard InChI is InChI=1S/C18H31N5O2/c1-14-20-15(2)23(21-14)12-16-5-4-10-22(11-16)17(24)18(13-25-3)6-8-19-9-7-18/h16,19H,4-13H2,1-3H3. The molecule has 140 valence electrons. The zero-order valence-electron chi connectivity index (χ0n) is 15.8. The van der Waals surface area contributed by atoms with Gasteiger partial charge in [-0.2, -0.15) is 5.10 Å². The summed E-state index contributed by atoms with van der Waals surface area (Å²) in [5.74, 6) is 2.50. The number of carbonyl (C=O) groups is 1. The molecule has 0 aliphatic carbocycles. The SMILES string of the molecule is COCC1(C(=O)N2CCCC(Cn3nc(C)nc3C)C2)CCNCC1. The van der Waals surface area contributed by atoms with Crippen molar-refractivity contribution in [3.63, 3.8) is 0 Å². The van der Waals surface area contributed by atoms with E-state index in [0.29, 0.717) is 12.5 Å². The van der Waals surface area contributed by atoms with Crippen molar-refractivity contribution < 1.29 is 9.53 Å². The summed E-state index contributed by atoms with van der Waals surface area (Å²) < 4.78 is 7.43. The predicted molar refractivity (Wildman–Crippen MR) is 95.2 cm³/mol. The lowest BCUT2D eigenvalue weighted by Gasteiger charge is -2.42. The van der Waals surface area contributed by atoms with Crippen molar-refractivity contribution in [2.24, 2.45) is 11.3 Å². The van der Waals surface area contributed by atoms with Crippen LogP contribution in [-0.4, -0.2) is 65.5 Å². The minimum atomic E-state index is -0.346. The number of carbonyl (C=O) groups excluding carboxylic acids is 1. The Bertz CT molecular complexity index is 589. The van der Waals surface area contributed by atoms with Crippen molar-refractivity contribution >= 4 is 5.91 Å². The van der Waals surface area contributed by atoms with Crippen molar-refractivity contribution in [2.75, 3.05) is 39.9 Å². The summed E-state index contributed by atoms with van der Waals surface area (Å²) in [6.45, 7) is 8.75. The van der Waals surface area contributed by atoms with Crippen LogP contribution in [-0.2, 0) is 16.1 Å². The third-order valence-electron chi connectivity index (χ3n) is 5.63. The molecule has 1 atom stereocenters. The number of hydrogen-bond donors (Lipinski definition) is 1. The van der Waals surface area contributed by atoms with Crippen LogP contribution in [0.4, 0.5) is 0 Å². The lowest BCUT2D eigenvalue weighted by molar-refractivity contribution is -0.149. The molecule has 0 radical (unpaired) electrons. The first-order valence-electron chi connectivity index (χ1n) is 9.41. The zero-order chi connectivity index (χ0) is 17.9. The molecule has 0 bridgehead atoms. The molecule has 2 saturated heterocycles. The number of amides is 1. The smallest absolute Gasteiger partial charge is 0.231 e. The number of nitrogens with one attached hydrogen (secondary N) is 1. The largest absolute Gasteiger partial charge is 0.384 e. The molecule has 7 heteroatoms. The van der Waals surface area contributed by atoms with E-state index in [1.807, 2.05) is 18.5 Å². The van der Waals surface area contributed by atoms with Crippen molar-refractivity contribution in [1.29, 1.82) is 0 Å². The first-order valence-corrected chi connectivity index (χ1v) is 9.41. The van der Waals surface area contributed by atoms with Gasteiger partial charge in [0.2, 0.25) is 5.91 Å². The number of piperidine rings is 2. The van der Waals surface area contributed by atoms with Gasteiger partial charge in [-0.3, -0.25) is 4.79 Å². The number of hydrogen-bond acceptors (Lipinski definition) is 5. The van der Waals surface area contributed by atoms with Crippen LogP contribution >= 0.6 is 0 Å². The molecule has 2 aliphatic rings. The van der Waals surface area contributed by atoms with E-state index in [1.54, 1.807) is 7.11 Å². The monoisotopic (exact) mass is 349 g/mol. The summed E-state index contributed by atoms with van der Waals surface area (Å²) in [7, 11) is 1.70. The third kappa shape index (κ3) is 4.03. The van der Waals surface area contributed by atoms with Crippen LogP contribution in [0.3, 0.4) is 0 Å². The van der Waals surface area contributed by atoms with Crippen LogP contribution in [0.25, 0.3) is 0 Å². The van der Waals surface area contributed by atoms with Gasteiger partial charge >= 0.3 is 0 Å². The fourth-order valence-electron chi connectivity index (χ4n) is 4.31. The molecule has 1 aromatic heterocycles. The molecule has 3 heterocycles. The maximum Gasteiger partial charge on any atom is 0.231 e. The van der Waals surface area contributed by atoms with Crippen molar-refractivity contribution in [1.82, 2.24) is 25.0 Å². The van der Waals surface area contributed by atoms with Crippen molar-refractivity contribution in [3.8, 4) is 0 Å². The van der Waals surface area contributed by atoms with Gasteiger partial charge in [0.05, 0.1) is 12.0 Å². The second kappa shape index (κ2) is 7.83. The van der Waals surface area contributed by atoms with E-state index in [9.17, 15) is 4.79 Å². The number of ether oxygens (including phenoxy) is 1. The number of aromatic nitrogens is 3. The molecule has 25 heavy (non-hydrogen) atoms. The normalized spacial score (nSPS) is 23.6. The Hall–Kier alpha value is -1.47. The topological polar surface area (TPSA) is 72.3 Å². The maximum atomic E-state index is 13.3. The average Bonchev–Trinajstić information content (AvgIpc) is 2.93. The van der Waals surface area contributed by atoms with Gasteiger partial charge in [-0.05, 0) is 58.5 Å². The molecule has 0 saturated carbocycles. The highest BCUT2D eigenvalue weighted by Crippen LogP contribution is 2.33. The number of aryl methyl sites for hydroxylation is 2. The second-order valence-corrected chi connectivity index (χ2v) is 7.61. The van der Waals surface area contributed by atoms with Crippen molar-refractivity contribution in [3.05, 3.63) is 11.6 Å². The number of likely N-dealkylation sites (tertiary alicyclic amines) is 1. The van der Waals surface area contributed by atoms with Gasteiger partial charge in [-0.25, -0.2) is 9.67 Å². The summed E-state index contributed by atoms with van der Waals surface area (Å²) in [4.78, 5) is 19.8. The van der Waals surface area contributed by atoms with Gasteiger partial charge in [-0.1, -0.05) is 0 Å². The van der Waals surface area contributed by atoms with Gasteiger partial charge in [-0.15, -0.1) is 0 Å². The molecular weight excluding hydrogens is 318 g/mol. The Labute approximate surface area is 150 Å². The molecular formula is C18H31N5O2. The molecule has 7 nitrogen and oxygen atoms in total. The molecule has 1 aromatic rings. The highest BCUT2D eigenvalue weighted by atomic mass is 16.5. The highest BCUT2D eigenvalue weighted by Gasteiger charge is 2.43. The minimum Gasteiger partial charge on any atom is -0.384 e. The van der Waals surface area contributed by atoms with E-state index in [1.165, 1.54) is 0 Å². The Balaban J connectivity index is 1.67. The van der Waals surface area contributed by atoms with E-state index >= 15 is 0 Å². The first kappa shape index (κ1) is 18.3. The van der Waals surface area contributed by atoms with Crippen LogP contribution in [0.1, 0.15) is 37.3 Å². The third-order valence-corrected chi connectivity index (χ3v) is 5.63. The fourth-order valence-corrected chi connectivity index (χ4v) is 4.31. The van der Waals surface area contributed by atoms with Gasteiger partial charge in [0.1, 0.15) is 11.6 Å². The molecule has 1 N–H and O–H groups in total. The van der Waals surface area contributed by atoms with Gasteiger partial charge in [0.25, 0.3) is 0 Å². The Morgan fingerprint density at radius 1 is 1.36 bits per heavy atom. The number of nitrogens with zero attached hydrogens (tertiary/aromatic N) is 4. The van der Waals surface area contributed by atoms with Crippen LogP contribution in [0.5, 0.6) is 0 Å². The molecule has 0 spiro atoms. The van der Waals surface area contributed by atoms with Gasteiger partial charge in [0.15, 0.2) is 0 Å². The maximum absolute atomic E-state index is 13.3. The second-order valence-electron chi connectivity index (χ2n) is 7.61. The Kier molecular flexibility index (Phi) is 5.74. The Morgan fingerprint density at radius 3 is 2.76 bits per heavy atom. The molecule has 1 unspecified atom stereocenters. The number of methoxy groups -OCH3 is 1. The van der Waals surface area contributed by atoms with Crippen molar-refractivity contribution in [2.45, 2.75) is 46.1 Å². The van der Waals surface area contributed by atoms with Crippen LogP contribution in [0.15, 0.2) is 0 Å². The summed E-state index contributed by atoms with van der Waals surface area (Å²) in [5, 5.41) is 7.84. The van der Waals surface area contributed by atoms with E-state index in [0.717, 1.165) is 70.1 Å². The van der Waals surface area contributed by atoms with E-state index in [4.69, 9.17) is 4.74 Å². The highest BCUT2D eigenvalue weighted by molar-refractivity contribution is 5.83. The quantitative estimate of drug-likeness (QED) is 0.863. The van der Waals surface area contributed by atoms with Crippen LogP contribution < -0.4 is 5.32 Å². The van der Waals surface area contributed by atoms with Gasteiger partial charge in [0, 0.05) is 26.7 Å². The molecule has 2 fully saturated rings. The molecule has 1 amide bonds. The first-order chi connectivity index (χ1) is 12.0. The van der Waals surface area contributed by atoms with E-state index in [2.05, 4.69) is 20.3 Å². The lowest BCUT2D eigenvalue weighted by atomic mass is 9.77. The molecule has 2 aliphatic heterocycles. The molecule has 0 aromatic carbocycles. The zero-order valence-corrected chi connectivity index (χ0v) is 15.8. The summed E-state index contributed by atoms with van der Waals surface area (Å²) in [6, 6.07) is 0. The van der Waals surface area contributed by atoms with E-state index in [-0.39, 0.29) is 11.3 Å².